The highest BCUT2D eigenvalue weighted by Gasteiger charge is 2.15. The van der Waals surface area contributed by atoms with Crippen LogP contribution in [0.2, 0.25) is 5.02 Å². The van der Waals surface area contributed by atoms with Crippen molar-refractivity contribution in [3.8, 4) is 0 Å². The lowest BCUT2D eigenvalue weighted by Crippen LogP contribution is -2.16. The van der Waals surface area contributed by atoms with Crippen LogP contribution in [-0.2, 0) is 0 Å². The van der Waals surface area contributed by atoms with Gasteiger partial charge in [-0.25, -0.2) is 9.37 Å². The summed E-state index contributed by atoms with van der Waals surface area (Å²) in [5.41, 5.74) is 5.75. The van der Waals surface area contributed by atoms with E-state index in [9.17, 15) is 9.18 Å². The molecule has 1 aromatic heterocycles. The van der Waals surface area contributed by atoms with Crippen molar-refractivity contribution in [2.45, 2.75) is 0 Å². The zero-order valence-electron chi connectivity index (χ0n) is 9.15. The predicted molar refractivity (Wildman–Crippen MR) is 68.0 cm³/mol. The summed E-state index contributed by atoms with van der Waals surface area (Å²) >= 11 is 5.79. The van der Waals surface area contributed by atoms with Crippen molar-refractivity contribution in [1.82, 2.24) is 4.98 Å². The molecule has 2 aromatic rings. The third-order valence-electron chi connectivity index (χ3n) is 2.26. The smallest absolute Gasteiger partial charge is 0.276 e. The minimum atomic E-state index is -0.620. The molecule has 1 amide bonds. The van der Waals surface area contributed by atoms with Crippen LogP contribution in [0, 0.1) is 5.82 Å². The Labute approximate surface area is 108 Å². The highest BCUT2D eigenvalue weighted by Crippen LogP contribution is 2.25. The summed E-state index contributed by atoms with van der Waals surface area (Å²) in [5, 5.41) is 2.46. The van der Waals surface area contributed by atoms with Gasteiger partial charge in [0.25, 0.3) is 5.91 Å². The highest BCUT2D eigenvalue weighted by molar-refractivity contribution is 6.34. The van der Waals surface area contributed by atoms with Crippen LogP contribution in [0.1, 0.15) is 10.5 Å². The number of carbonyl (C=O) groups is 1. The fourth-order valence-corrected chi connectivity index (χ4v) is 1.61. The number of carbonyl (C=O) groups excluding carboxylic acids is 1. The van der Waals surface area contributed by atoms with E-state index in [-0.39, 0.29) is 22.1 Å². The molecule has 0 saturated carbocycles. The maximum atomic E-state index is 13.5. The van der Waals surface area contributed by atoms with Crippen LogP contribution in [0.15, 0.2) is 36.5 Å². The second-order valence-corrected chi connectivity index (χ2v) is 3.90. The topological polar surface area (TPSA) is 68.0 Å². The highest BCUT2D eigenvalue weighted by atomic mass is 35.5. The molecule has 0 aliphatic carbocycles. The van der Waals surface area contributed by atoms with E-state index in [1.807, 2.05) is 0 Å². The molecule has 0 aliphatic rings. The number of hydrogen-bond donors (Lipinski definition) is 2. The number of nitrogens with one attached hydrogen (secondary N) is 1. The fourth-order valence-electron chi connectivity index (χ4n) is 1.40. The lowest BCUT2D eigenvalue weighted by Gasteiger charge is -2.08. The van der Waals surface area contributed by atoms with Gasteiger partial charge in [0.15, 0.2) is 5.69 Å². The van der Waals surface area contributed by atoms with E-state index in [2.05, 4.69) is 10.3 Å². The van der Waals surface area contributed by atoms with Crippen LogP contribution >= 0.6 is 11.6 Å². The summed E-state index contributed by atoms with van der Waals surface area (Å²) in [4.78, 5) is 15.7. The fraction of sp³-hybridized carbons (Fsp3) is 0. The Morgan fingerprint density at radius 2 is 2.11 bits per heavy atom. The molecule has 0 bridgehead atoms. The monoisotopic (exact) mass is 265 g/mol. The van der Waals surface area contributed by atoms with Crippen LogP contribution in [0.4, 0.5) is 15.8 Å². The number of nitrogens with two attached hydrogens (primary N) is 1. The van der Waals surface area contributed by atoms with Gasteiger partial charge in [0.2, 0.25) is 0 Å². The molecule has 0 spiro atoms. The minimum absolute atomic E-state index is 0.0248. The maximum absolute atomic E-state index is 13.5. The number of aromatic nitrogens is 1. The number of rotatable bonds is 2. The van der Waals surface area contributed by atoms with E-state index in [1.165, 1.54) is 30.5 Å². The summed E-state index contributed by atoms with van der Waals surface area (Å²) in [6.07, 6.45) is 1.42. The first-order chi connectivity index (χ1) is 8.59. The van der Waals surface area contributed by atoms with Crippen LogP contribution in [-0.4, -0.2) is 10.9 Å². The normalized spacial score (nSPS) is 10.1. The van der Waals surface area contributed by atoms with E-state index < -0.39 is 11.7 Å². The Hall–Kier alpha value is -2.14. The summed E-state index contributed by atoms with van der Waals surface area (Å²) in [5.74, 6) is -1.23. The SMILES string of the molecule is Nc1cccnc1C(=O)Nc1c(F)cccc1Cl. The van der Waals surface area contributed by atoms with Gasteiger partial charge < -0.3 is 11.1 Å². The number of anilines is 2. The van der Waals surface area contributed by atoms with Crippen molar-refractivity contribution in [1.29, 1.82) is 0 Å². The standard InChI is InChI=1S/C12H9ClFN3O/c13-7-3-1-4-8(14)10(7)17-12(18)11-9(15)5-2-6-16-11/h1-6H,15H2,(H,17,18). The lowest BCUT2D eigenvalue weighted by molar-refractivity contribution is 0.102. The van der Waals surface area contributed by atoms with Crippen molar-refractivity contribution in [2.24, 2.45) is 0 Å². The molecule has 0 saturated heterocycles. The number of nitrogen functional groups attached to an aromatic ring is 1. The summed E-state index contributed by atoms with van der Waals surface area (Å²) < 4.78 is 13.5. The van der Waals surface area contributed by atoms with Crippen LogP contribution in [0.3, 0.4) is 0 Å². The molecular weight excluding hydrogens is 257 g/mol. The minimum Gasteiger partial charge on any atom is -0.397 e. The van der Waals surface area contributed by atoms with Crippen LogP contribution < -0.4 is 11.1 Å². The van der Waals surface area contributed by atoms with Crippen molar-refractivity contribution in [2.75, 3.05) is 11.1 Å². The third-order valence-corrected chi connectivity index (χ3v) is 2.57. The van der Waals surface area contributed by atoms with Gasteiger partial charge in [-0.3, -0.25) is 4.79 Å². The molecule has 0 atom stereocenters. The van der Waals surface area contributed by atoms with Gasteiger partial charge in [-0.05, 0) is 24.3 Å². The van der Waals surface area contributed by atoms with Crippen molar-refractivity contribution < 1.29 is 9.18 Å². The summed E-state index contributed by atoms with van der Waals surface area (Å²) in [6.45, 7) is 0. The van der Waals surface area contributed by atoms with Gasteiger partial charge in [0, 0.05) is 6.20 Å². The Balaban J connectivity index is 2.30. The molecule has 4 nitrogen and oxygen atoms in total. The average Bonchev–Trinajstić information content (AvgIpc) is 2.34. The maximum Gasteiger partial charge on any atom is 0.276 e. The van der Waals surface area contributed by atoms with Gasteiger partial charge in [-0.15, -0.1) is 0 Å². The Kier molecular flexibility index (Phi) is 3.43. The average molecular weight is 266 g/mol. The molecule has 0 radical (unpaired) electrons. The van der Waals surface area contributed by atoms with Gasteiger partial charge in [0.1, 0.15) is 5.82 Å². The number of nitrogens with zero attached hydrogens (tertiary/aromatic N) is 1. The first-order valence-electron chi connectivity index (χ1n) is 5.05. The van der Waals surface area contributed by atoms with Crippen molar-refractivity contribution in [3.63, 3.8) is 0 Å². The third kappa shape index (κ3) is 2.41. The molecule has 1 heterocycles. The molecule has 0 aliphatic heterocycles. The number of hydrogen-bond acceptors (Lipinski definition) is 3. The number of para-hydroxylation sites is 1. The number of benzene rings is 1. The quantitative estimate of drug-likeness (QED) is 0.877. The van der Waals surface area contributed by atoms with E-state index in [1.54, 1.807) is 6.07 Å². The molecule has 18 heavy (non-hydrogen) atoms. The Morgan fingerprint density at radius 3 is 2.78 bits per heavy atom. The molecule has 1 aromatic carbocycles. The van der Waals surface area contributed by atoms with Gasteiger partial charge in [0.05, 0.1) is 16.4 Å². The molecule has 6 heteroatoms. The second-order valence-electron chi connectivity index (χ2n) is 3.49. The van der Waals surface area contributed by atoms with E-state index in [4.69, 9.17) is 17.3 Å². The molecule has 0 unspecified atom stereocenters. The first kappa shape index (κ1) is 12.3. The first-order valence-corrected chi connectivity index (χ1v) is 5.43. The van der Waals surface area contributed by atoms with Gasteiger partial charge >= 0.3 is 0 Å². The van der Waals surface area contributed by atoms with Crippen LogP contribution in [0.25, 0.3) is 0 Å². The van der Waals surface area contributed by atoms with Crippen LogP contribution in [0.5, 0.6) is 0 Å². The van der Waals surface area contributed by atoms with Crippen molar-refractivity contribution in [3.05, 3.63) is 53.1 Å². The molecule has 92 valence electrons. The lowest BCUT2D eigenvalue weighted by atomic mass is 10.2. The Morgan fingerprint density at radius 1 is 1.33 bits per heavy atom. The molecule has 3 N–H and O–H groups in total. The van der Waals surface area contributed by atoms with Gasteiger partial charge in [-0.2, -0.15) is 0 Å². The molecule has 0 fully saturated rings. The largest absolute Gasteiger partial charge is 0.397 e. The molecule has 2 rings (SSSR count). The zero-order valence-corrected chi connectivity index (χ0v) is 9.91. The van der Waals surface area contributed by atoms with Gasteiger partial charge in [-0.1, -0.05) is 17.7 Å². The van der Waals surface area contributed by atoms with E-state index >= 15 is 0 Å². The number of pyridine rings is 1. The molecular formula is C12H9ClFN3O. The number of amides is 1. The second kappa shape index (κ2) is 5.01. The van der Waals surface area contributed by atoms with E-state index in [0.717, 1.165) is 0 Å². The van der Waals surface area contributed by atoms with Crippen molar-refractivity contribution >= 4 is 28.9 Å². The zero-order chi connectivity index (χ0) is 13.1. The predicted octanol–water partition coefficient (Wildman–Crippen LogP) is 2.71. The van der Waals surface area contributed by atoms with E-state index in [0.29, 0.717) is 0 Å². The summed E-state index contributed by atoms with van der Waals surface area (Å²) in [7, 11) is 0. The Bertz CT molecular complexity index is 583. The number of halogens is 2. The summed E-state index contributed by atoms with van der Waals surface area (Å²) in [6, 6.07) is 7.25.